The van der Waals surface area contributed by atoms with Crippen LogP contribution < -0.4 is 5.53 Å². The van der Waals surface area contributed by atoms with E-state index in [1.165, 1.54) is 5.01 Å². The Bertz CT molecular complexity index is 162. The summed E-state index contributed by atoms with van der Waals surface area (Å²) in [5, 5.41) is 15.7. The lowest BCUT2D eigenvalue weighted by Crippen LogP contribution is -2.54. The van der Waals surface area contributed by atoms with E-state index in [9.17, 15) is 0 Å². The minimum atomic E-state index is -0.117. The molecule has 11 heavy (non-hydrogen) atoms. The Hall–Kier alpha value is -0.810. The van der Waals surface area contributed by atoms with Crippen LogP contribution >= 0.6 is 0 Å². The smallest absolute Gasteiger partial charge is 0.214 e. The van der Waals surface area contributed by atoms with Gasteiger partial charge in [-0.3, -0.25) is 0 Å². The molecule has 1 heterocycles. The summed E-state index contributed by atoms with van der Waals surface area (Å²) >= 11 is 0. The SMILES string of the molecule is CC(C)(C)N1NN=[C]N1CO. The number of hydrogen-bond donors (Lipinski definition) is 2. The Morgan fingerprint density at radius 2 is 2.18 bits per heavy atom. The van der Waals surface area contributed by atoms with Gasteiger partial charge in [0.25, 0.3) is 0 Å². The van der Waals surface area contributed by atoms with Crippen molar-refractivity contribution >= 4 is 6.34 Å². The van der Waals surface area contributed by atoms with Crippen LogP contribution in [0.3, 0.4) is 0 Å². The molecule has 63 valence electrons. The van der Waals surface area contributed by atoms with Crippen molar-refractivity contribution in [3.05, 3.63) is 0 Å². The standard InChI is InChI=1S/C6H13N4O/c1-6(2,3)10-8-7-4-9(10)5-11/h8,11H,5H2,1-3H3. The molecule has 0 aromatic heterocycles. The molecule has 0 unspecified atom stereocenters. The highest BCUT2D eigenvalue weighted by molar-refractivity contribution is 5.54. The summed E-state index contributed by atoms with van der Waals surface area (Å²) < 4.78 is 0. The highest BCUT2D eigenvalue weighted by atomic mass is 16.3. The van der Waals surface area contributed by atoms with Crippen LogP contribution in [0.5, 0.6) is 0 Å². The lowest BCUT2D eigenvalue weighted by atomic mass is 10.1. The van der Waals surface area contributed by atoms with Gasteiger partial charge in [0.2, 0.25) is 6.34 Å². The zero-order valence-corrected chi connectivity index (χ0v) is 7.00. The van der Waals surface area contributed by atoms with Crippen LogP contribution in [0.15, 0.2) is 5.10 Å². The molecule has 1 aliphatic heterocycles. The molecule has 0 aromatic rings. The first-order chi connectivity index (χ1) is 5.05. The van der Waals surface area contributed by atoms with Gasteiger partial charge in [0.15, 0.2) is 0 Å². The molecular formula is C6H13N4O. The van der Waals surface area contributed by atoms with E-state index in [4.69, 9.17) is 5.11 Å². The molecule has 0 fully saturated rings. The third-order valence-electron chi connectivity index (χ3n) is 1.32. The molecule has 0 saturated carbocycles. The molecule has 5 nitrogen and oxygen atoms in total. The Labute approximate surface area is 66.2 Å². The van der Waals surface area contributed by atoms with Gasteiger partial charge in [-0.05, 0) is 20.8 Å². The number of rotatable bonds is 1. The Balaban J connectivity index is 2.61. The summed E-state index contributed by atoms with van der Waals surface area (Å²) in [6, 6.07) is 0. The summed E-state index contributed by atoms with van der Waals surface area (Å²) in [6.45, 7) is 5.90. The highest BCUT2D eigenvalue weighted by Crippen LogP contribution is 2.14. The second-order valence-electron chi connectivity index (χ2n) is 3.34. The summed E-state index contributed by atoms with van der Waals surface area (Å²) in [5.41, 5.74) is 2.60. The van der Waals surface area contributed by atoms with E-state index in [1.54, 1.807) is 5.12 Å². The van der Waals surface area contributed by atoms with Crippen molar-refractivity contribution in [2.24, 2.45) is 5.10 Å². The Kier molecular flexibility index (Phi) is 2.01. The lowest BCUT2D eigenvalue weighted by Gasteiger charge is -2.35. The second kappa shape index (κ2) is 2.67. The van der Waals surface area contributed by atoms with Crippen molar-refractivity contribution in [2.75, 3.05) is 6.73 Å². The first kappa shape index (κ1) is 8.29. The molecule has 5 heteroatoms. The van der Waals surface area contributed by atoms with E-state index >= 15 is 0 Å². The predicted molar refractivity (Wildman–Crippen MR) is 41.1 cm³/mol. The number of hydrogen-bond acceptors (Lipinski definition) is 5. The zero-order valence-electron chi connectivity index (χ0n) is 7.00. The van der Waals surface area contributed by atoms with E-state index in [1.807, 2.05) is 20.8 Å². The molecule has 0 saturated heterocycles. The minimum absolute atomic E-state index is 0.115. The van der Waals surface area contributed by atoms with Crippen LogP contribution in [-0.4, -0.2) is 33.8 Å². The van der Waals surface area contributed by atoms with Crippen molar-refractivity contribution < 1.29 is 5.11 Å². The largest absolute Gasteiger partial charge is 0.375 e. The number of nitrogens with zero attached hydrogens (tertiary/aromatic N) is 3. The van der Waals surface area contributed by atoms with E-state index in [0.717, 1.165) is 0 Å². The van der Waals surface area contributed by atoms with Crippen molar-refractivity contribution in [1.29, 1.82) is 0 Å². The van der Waals surface area contributed by atoms with Crippen LogP contribution in [0, 0.1) is 0 Å². The second-order valence-corrected chi connectivity index (χ2v) is 3.34. The van der Waals surface area contributed by atoms with Crippen LogP contribution in [-0.2, 0) is 0 Å². The van der Waals surface area contributed by atoms with Crippen molar-refractivity contribution in [1.82, 2.24) is 15.7 Å². The summed E-state index contributed by atoms with van der Waals surface area (Å²) in [6.07, 6.45) is 2.59. The number of nitrogens with one attached hydrogen (secondary N) is 1. The molecule has 0 spiro atoms. The van der Waals surface area contributed by atoms with Gasteiger partial charge in [-0.2, -0.15) is 0 Å². The van der Waals surface area contributed by atoms with Gasteiger partial charge in [0.1, 0.15) is 6.73 Å². The fourth-order valence-corrected chi connectivity index (χ4v) is 0.833. The number of hydrazine groups is 2. The lowest BCUT2D eigenvalue weighted by molar-refractivity contribution is -0.0982. The molecule has 0 atom stereocenters. The first-order valence-electron chi connectivity index (χ1n) is 3.45. The summed E-state index contributed by atoms with van der Waals surface area (Å²) in [5.74, 6) is 0. The van der Waals surface area contributed by atoms with Crippen molar-refractivity contribution in [2.45, 2.75) is 26.3 Å². The molecule has 1 aliphatic rings. The van der Waals surface area contributed by atoms with Gasteiger partial charge in [0, 0.05) is 0 Å². The molecule has 1 rings (SSSR count). The monoisotopic (exact) mass is 157 g/mol. The van der Waals surface area contributed by atoms with E-state index in [-0.39, 0.29) is 12.3 Å². The average molecular weight is 157 g/mol. The summed E-state index contributed by atoms with van der Waals surface area (Å²) in [4.78, 5) is 0. The Morgan fingerprint density at radius 1 is 1.55 bits per heavy atom. The molecular weight excluding hydrogens is 144 g/mol. The van der Waals surface area contributed by atoms with Crippen molar-refractivity contribution in [3.8, 4) is 0 Å². The highest BCUT2D eigenvalue weighted by Gasteiger charge is 2.29. The van der Waals surface area contributed by atoms with Gasteiger partial charge in [-0.15, -0.1) is 10.2 Å². The molecule has 2 N–H and O–H groups in total. The fraction of sp³-hybridized carbons (Fsp3) is 0.833. The third kappa shape index (κ3) is 1.61. The van der Waals surface area contributed by atoms with Crippen LogP contribution in [0.25, 0.3) is 0 Å². The molecule has 0 bridgehead atoms. The van der Waals surface area contributed by atoms with E-state index < -0.39 is 0 Å². The van der Waals surface area contributed by atoms with Gasteiger partial charge in [0.05, 0.1) is 5.54 Å². The maximum absolute atomic E-state index is 8.82. The number of hydrazone groups is 1. The maximum Gasteiger partial charge on any atom is 0.214 e. The minimum Gasteiger partial charge on any atom is -0.375 e. The van der Waals surface area contributed by atoms with Gasteiger partial charge >= 0.3 is 0 Å². The normalized spacial score (nSPS) is 19.1. The number of aliphatic hydroxyl groups is 1. The maximum atomic E-state index is 8.82. The molecule has 1 radical (unpaired) electrons. The van der Waals surface area contributed by atoms with Crippen molar-refractivity contribution in [3.63, 3.8) is 0 Å². The molecule has 0 amide bonds. The van der Waals surface area contributed by atoms with Gasteiger partial charge in [-0.1, -0.05) is 0 Å². The molecule has 0 aliphatic carbocycles. The van der Waals surface area contributed by atoms with Crippen LogP contribution in [0.4, 0.5) is 0 Å². The zero-order chi connectivity index (χ0) is 8.48. The van der Waals surface area contributed by atoms with E-state index in [0.29, 0.717) is 0 Å². The fourth-order valence-electron chi connectivity index (χ4n) is 0.833. The third-order valence-corrected chi connectivity index (χ3v) is 1.32. The Morgan fingerprint density at radius 3 is 2.55 bits per heavy atom. The topological polar surface area (TPSA) is 51.1 Å². The van der Waals surface area contributed by atoms with E-state index in [2.05, 4.69) is 17.0 Å². The quantitative estimate of drug-likeness (QED) is 0.543. The average Bonchev–Trinajstić information content (AvgIpc) is 2.31. The molecule has 0 aromatic carbocycles. The summed E-state index contributed by atoms with van der Waals surface area (Å²) in [7, 11) is 0. The predicted octanol–water partition coefficient (Wildman–Crippen LogP) is -0.408. The van der Waals surface area contributed by atoms with Gasteiger partial charge < -0.3 is 5.11 Å². The number of aliphatic hydroxyl groups excluding tert-OH is 1. The van der Waals surface area contributed by atoms with Gasteiger partial charge in [-0.25, -0.2) is 10.5 Å². The van der Waals surface area contributed by atoms with Crippen LogP contribution in [0.2, 0.25) is 0 Å². The first-order valence-corrected chi connectivity index (χ1v) is 3.45. The van der Waals surface area contributed by atoms with Crippen LogP contribution in [0.1, 0.15) is 20.8 Å².